The molecule has 0 radical (unpaired) electrons. The molecule has 1 amide bonds. The molecule has 2 aromatic heterocycles. The number of halogens is 1. The summed E-state index contributed by atoms with van der Waals surface area (Å²) in [6, 6.07) is 15.0. The maximum Gasteiger partial charge on any atom is 0.343 e. The molecule has 4 aromatic rings. The number of carbonyl (C=O) groups excluding carboxylic acids is 1. The highest BCUT2D eigenvalue weighted by Crippen LogP contribution is 2.26. The number of benzene rings is 2. The fourth-order valence-corrected chi connectivity index (χ4v) is 5.28. The number of hydrogen-bond donors (Lipinski definition) is 0. The van der Waals surface area contributed by atoms with Crippen LogP contribution in [-0.4, -0.2) is 50.1 Å². The van der Waals surface area contributed by atoms with Gasteiger partial charge in [0.25, 0.3) is 0 Å². The quantitative estimate of drug-likeness (QED) is 0.270. The van der Waals surface area contributed by atoms with Crippen LogP contribution in [0.25, 0.3) is 34.0 Å². The lowest BCUT2D eigenvalue weighted by Crippen LogP contribution is -2.48. The Morgan fingerprint density at radius 3 is 2.41 bits per heavy atom. The summed E-state index contributed by atoms with van der Waals surface area (Å²) in [4.78, 5) is 30.4. The van der Waals surface area contributed by atoms with Gasteiger partial charge in [0.05, 0.1) is 11.3 Å². The molecule has 5 rings (SSSR count). The van der Waals surface area contributed by atoms with Crippen LogP contribution < -0.4 is 20.0 Å². The van der Waals surface area contributed by atoms with Crippen molar-refractivity contribution >= 4 is 51.3 Å². The van der Waals surface area contributed by atoms with Crippen molar-refractivity contribution in [2.75, 3.05) is 49.1 Å². The summed E-state index contributed by atoms with van der Waals surface area (Å²) in [5.74, 6) is -0.235. The Kier molecular flexibility index (Phi) is 7.37. The van der Waals surface area contributed by atoms with Crippen molar-refractivity contribution in [3.63, 3.8) is 0 Å². The number of pyridine rings is 1. The summed E-state index contributed by atoms with van der Waals surface area (Å²) >= 11 is 0. The first-order valence-electron chi connectivity index (χ1n) is 13.4. The van der Waals surface area contributed by atoms with E-state index in [0.29, 0.717) is 43.0 Å². The molecule has 0 spiro atoms. The summed E-state index contributed by atoms with van der Waals surface area (Å²) in [5, 5.41) is 1.64. The Bertz CT molecular complexity index is 1630. The highest BCUT2D eigenvalue weighted by atomic mass is 19.1. The number of fused-ring (bicyclic) bond motifs is 2. The average molecular weight is 530 g/mol. The van der Waals surface area contributed by atoms with E-state index in [4.69, 9.17) is 4.42 Å². The van der Waals surface area contributed by atoms with Gasteiger partial charge in [-0.05, 0) is 50.3 Å². The third-order valence-corrected chi connectivity index (χ3v) is 7.65. The van der Waals surface area contributed by atoms with E-state index < -0.39 is 5.63 Å². The fraction of sp³-hybridized carbons (Fsp3) is 0.323. The zero-order valence-corrected chi connectivity index (χ0v) is 22.9. The molecule has 1 aliphatic rings. The highest BCUT2D eigenvalue weighted by molar-refractivity contribution is 5.84. The van der Waals surface area contributed by atoms with Crippen LogP contribution in [0.1, 0.15) is 32.0 Å². The van der Waals surface area contributed by atoms with Crippen LogP contribution in [0, 0.1) is 5.82 Å². The van der Waals surface area contributed by atoms with Crippen LogP contribution in [-0.2, 0) is 11.8 Å². The number of aryl methyl sites for hydroxylation is 1. The third-order valence-electron chi connectivity index (χ3n) is 7.65. The zero-order valence-electron chi connectivity index (χ0n) is 22.9. The van der Waals surface area contributed by atoms with Crippen LogP contribution >= 0.6 is 0 Å². The molecular weight excluding hydrogens is 495 g/mol. The molecule has 0 saturated carbocycles. The number of hydrogen-bond acceptors (Lipinski definition) is 5. The van der Waals surface area contributed by atoms with E-state index in [2.05, 4.69) is 18.7 Å². The first-order valence-corrected chi connectivity index (χ1v) is 13.4. The van der Waals surface area contributed by atoms with Gasteiger partial charge in [-0.1, -0.05) is 0 Å². The van der Waals surface area contributed by atoms with Crippen molar-refractivity contribution in [3.05, 3.63) is 76.0 Å². The van der Waals surface area contributed by atoms with Gasteiger partial charge in [0, 0.05) is 86.9 Å². The average Bonchev–Trinajstić information content (AvgIpc) is 2.93. The first kappa shape index (κ1) is 26.4. The number of nitrogens with zero attached hydrogens (tertiary/aromatic N) is 4. The minimum absolute atomic E-state index is 0.0429. The van der Waals surface area contributed by atoms with Crippen molar-refractivity contribution in [1.82, 2.24) is 4.90 Å². The summed E-state index contributed by atoms with van der Waals surface area (Å²) in [7, 11) is 1.93. The molecule has 1 saturated heterocycles. The smallest absolute Gasteiger partial charge is 0.343 e. The maximum absolute atomic E-state index is 15.0. The summed E-state index contributed by atoms with van der Waals surface area (Å²) in [6.45, 7) is 9.82. The van der Waals surface area contributed by atoms with Crippen molar-refractivity contribution < 1.29 is 18.2 Å². The van der Waals surface area contributed by atoms with Crippen molar-refractivity contribution in [2.24, 2.45) is 7.05 Å². The van der Waals surface area contributed by atoms with E-state index in [1.165, 1.54) is 0 Å². The van der Waals surface area contributed by atoms with Crippen LogP contribution in [0.3, 0.4) is 0 Å². The number of piperazine rings is 1. The molecule has 7 nitrogen and oxygen atoms in total. The number of amides is 1. The monoisotopic (exact) mass is 529 g/mol. The second-order valence-electron chi connectivity index (χ2n) is 9.89. The highest BCUT2D eigenvalue weighted by Gasteiger charge is 2.23. The molecule has 39 heavy (non-hydrogen) atoms. The minimum atomic E-state index is -0.395. The van der Waals surface area contributed by atoms with Gasteiger partial charge in [-0.25, -0.2) is 9.18 Å². The van der Waals surface area contributed by atoms with Gasteiger partial charge < -0.3 is 19.1 Å². The molecule has 0 aliphatic carbocycles. The molecule has 0 atom stereocenters. The van der Waals surface area contributed by atoms with Gasteiger partial charge in [-0.2, -0.15) is 4.57 Å². The molecule has 202 valence electrons. The van der Waals surface area contributed by atoms with E-state index in [0.717, 1.165) is 40.8 Å². The van der Waals surface area contributed by atoms with Gasteiger partial charge in [0.1, 0.15) is 18.4 Å². The summed E-state index contributed by atoms with van der Waals surface area (Å²) < 4.78 is 22.7. The Labute approximate surface area is 227 Å². The van der Waals surface area contributed by atoms with E-state index in [-0.39, 0.29) is 11.7 Å². The Balaban J connectivity index is 1.44. The number of carbonyl (C=O) groups is 1. The predicted octanol–water partition coefficient (Wildman–Crippen LogP) is 4.59. The van der Waals surface area contributed by atoms with Crippen molar-refractivity contribution in [1.29, 1.82) is 0 Å². The largest absolute Gasteiger partial charge is 0.422 e. The molecule has 8 heteroatoms. The normalized spacial score (nSPS) is 14.1. The van der Waals surface area contributed by atoms with E-state index in [9.17, 15) is 9.59 Å². The topological polar surface area (TPSA) is 60.9 Å². The number of anilines is 2. The lowest BCUT2D eigenvalue weighted by molar-refractivity contribution is -0.646. The van der Waals surface area contributed by atoms with Gasteiger partial charge in [-0.15, -0.1) is 0 Å². The Hall–Kier alpha value is -4.20. The molecule has 0 N–H and O–H groups in total. The maximum atomic E-state index is 15.0. The third kappa shape index (κ3) is 5.24. The van der Waals surface area contributed by atoms with Crippen LogP contribution in [0.4, 0.5) is 15.8 Å². The van der Waals surface area contributed by atoms with Gasteiger partial charge in [0.2, 0.25) is 17.1 Å². The predicted molar refractivity (Wildman–Crippen MR) is 155 cm³/mol. The van der Waals surface area contributed by atoms with E-state index in [1.54, 1.807) is 24.0 Å². The van der Waals surface area contributed by atoms with Gasteiger partial charge in [0.15, 0.2) is 0 Å². The van der Waals surface area contributed by atoms with Crippen LogP contribution in [0.2, 0.25) is 0 Å². The van der Waals surface area contributed by atoms with E-state index >= 15 is 4.39 Å². The summed E-state index contributed by atoms with van der Waals surface area (Å²) in [6.07, 6.45) is 3.63. The van der Waals surface area contributed by atoms with Gasteiger partial charge >= 0.3 is 5.63 Å². The SMILES string of the molecule is CCN(CC)c1ccc2cc(/C=C/c3ccc4cc(F)c(N5CCN(C(C)=O)CC5)cc4[n+]3C)c(=O)oc2c1. The number of aromatic nitrogens is 1. The van der Waals surface area contributed by atoms with Crippen molar-refractivity contribution in [3.8, 4) is 0 Å². The Morgan fingerprint density at radius 2 is 1.72 bits per heavy atom. The second kappa shape index (κ2) is 10.9. The van der Waals surface area contributed by atoms with Gasteiger partial charge in [-0.3, -0.25) is 4.79 Å². The lowest BCUT2D eigenvalue weighted by Gasteiger charge is -2.35. The van der Waals surface area contributed by atoms with Crippen LogP contribution in [0.5, 0.6) is 0 Å². The molecule has 3 heterocycles. The van der Waals surface area contributed by atoms with Crippen LogP contribution in [0.15, 0.2) is 57.7 Å². The van der Waals surface area contributed by atoms with Crippen molar-refractivity contribution in [2.45, 2.75) is 20.8 Å². The first-order chi connectivity index (χ1) is 18.8. The lowest BCUT2D eigenvalue weighted by atomic mass is 10.1. The molecule has 1 fully saturated rings. The second-order valence-corrected chi connectivity index (χ2v) is 9.89. The number of rotatable bonds is 6. The fourth-order valence-electron chi connectivity index (χ4n) is 5.28. The molecule has 0 unspecified atom stereocenters. The van der Waals surface area contributed by atoms with E-state index in [1.807, 2.05) is 65.1 Å². The zero-order chi connectivity index (χ0) is 27.7. The molecule has 2 aromatic carbocycles. The molecule has 1 aliphatic heterocycles. The minimum Gasteiger partial charge on any atom is -0.422 e. The Morgan fingerprint density at radius 1 is 1.00 bits per heavy atom. The molecule has 0 bridgehead atoms. The summed E-state index contributed by atoms with van der Waals surface area (Å²) in [5.41, 5.74) is 3.92. The standard InChI is InChI=1S/C31H34FN4O3/c1-5-34(6-2)26-12-8-23-17-24(31(38)39-30(23)19-26)9-11-25-10-7-22-18-27(32)29(20-28(22)33(25)4)36-15-13-35(14-16-36)21(3)37/h7-12,17-20H,5-6,13-16H2,1-4H3/q+1. The molecular formula is C31H34FN4O3+.